The Labute approximate surface area is 127 Å². The number of nitrogens with one attached hydrogen (secondary N) is 1. The van der Waals surface area contributed by atoms with E-state index >= 15 is 0 Å². The van der Waals surface area contributed by atoms with E-state index in [0.717, 1.165) is 0 Å². The van der Waals surface area contributed by atoms with Gasteiger partial charge in [-0.2, -0.15) is 0 Å². The lowest BCUT2D eigenvalue weighted by Gasteiger charge is -2.30. The van der Waals surface area contributed by atoms with Gasteiger partial charge in [-0.1, -0.05) is 0 Å². The van der Waals surface area contributed by atoms with E-state index in [1.54, 1.807) is 6.07 Å². The van der Waals surface area contributed by atoms with E-state index in [9.17, 15) is 14.0 Å². The monoisotopic (exact) mass is 310 g/mol. The van der Waals surface area contributed by atoms with Crippen molar-refractivity contribution in [2.75, 3.05) is 20.2 Å². The smallest absolute Gasteiger partial charge is 0.317 e. The number of amides is 2. The number of hydrogen-bond donors (Lipinski definition) is 2. The predicted molar refractivity (Wildman–Crippen MR) is 77.1 cm³/mol. The fourth-order valence-electron chi connectivity index (χ4n) is 2.49. The van der Waals surface area contributed by atoms with E-state index in [4.69, 9.17) is 9.84 Å². The second-order valence-electron chi connectivity index (χ2n) is 5.28. The van der Waals surface area contributed by atoms with Crippen LogP contribution in [0.1, 0.15) is 18.4 Å². The van der Waals surface area contributed by atoms with Gasteiger partial charge >= 0.3 is 12.0 Å². The van der Waals surface area contributed by atoms with Gasteiger partial charge in [-0.25, -0.2) is 9.18 Å². The van der Waals surface area contributed by atoms with E-state index < -0.39 is 17.7 Å². The number of ether oxygens (including phenoxy) is 1. The third kappa shape index (κ3) is 4.09. The molecule has 0 spiro atoms. The number of halogens is 1. The van der Waals surface area contributed by atoms with Crippen LogP contribution in [0.5, 0.6) is 5.75 Å². The van der Waals surface area contributed by atoms with E-state index in [-0.39, 0.29) is 19.1 Å². The van der Waals surface area contributed by atoms with Crippen LogP contribution in [0.4, 0.5) is 9.18 Å². The van der Waals surface area contributed by atoms with Crippen molar-refractivity contribution in [2.45, 2.75) is 19.4 Å². The van der Waals surface area contributed by atoms with Crippen molar-refractivity contribution >= 4 is 12.0 Å². The summed E-state index contributed by atoms with van der Waals surface area (Å²) in [6.07, 6.45) is 1.25. The number of hydrogen-bond acceptors (Lipinski definition) is 3. The first-order chi connectivity index (χ1) is 10.5. The van der Waals surface area contributed by atoms with Crippen molar-refractivity contribution in [3.05, 3.63) is 29.6 Å². The minimum Gasteiger partial charge on any atom is -0.497 e. The van der Waals surface area contributed by atoms with Crippen molar-refractivity contribution < 1.29 is 23.8 Å². The average molecular weight is 310 g/mol. The lowest BCUT2D eigenvalue weighted by atomic mass is 9.99. The predicted octanol–water partition coefficient (Wildman–Crippen LogP) is 1.84. The first-order valence-corrected chi connectivity index (χ1v) is 7.08. The van der Waals surface area contributed by atoms with Gasteiger partial charge in [0.05, 0.1) is 13.0 Å². The zero-order chi connectivity index (χ0) is 16.1. The van der Waals surface area contributed by atoms with E-state index in [1.807, 2.05) is 0 Å². The number of benzene rings is 1. The largest absolute Gasteiger partial charge is 0.497 e. The third-order valence-electron chi connectivity index (χ3n) is 3.67. The molecule has 120 valence electrons. The fourth-order valence-corrected chi connectivity index (χ4v) is 2.49. The van der Waals surface area contributed by atoms with Gasteiger partial charge in [-0.3, -0.25) is 4.79 Å². The summed E-state index contributed by atoms with van der Waals surface area (Å²) in [6, 6.07) is 3.88. The van der Waals surface area contributed by atoms with Gasteiger partial charge in [0.25, 0.3) is 0 Å². The van der Waals surface area contributed by atoms with Crippen LogP contribution in [0, 0.1) is 11.7 Å². The number of urea groups is 1. The maximum absolute atomic E-state index is 13.4. The maximum Gasteiger partial charge on any atom is 0.317 e. The Kier molecular flexibility index (Phi) is 5.19. The fraction of sp³-hybridized carbons (Fsp3) is 0.467. The molecule has 1 aromatic rings. The standard InChI is InChI=1S/C15H19FN2O4/c1-22-13-6-10(5-12(16)7-13)8-17-15(21)18-4-2-3-11(9-18)14(19)20/h5-7,11H,2-4,8-9H2,1H3,(H,17,21)(H,19,20). The molecule has 2 amide bonds. The van der Waals surface area contributed by atoms with Gasteiger partial charge in [-0.05, 0) is 30.5 Å². The Morgan fingerprint density at radius 1 is 1.45 bits per heavy atom. The summed E-state index contributed by atoms with van der Waals surface area (Å²) in [6.45, 7) is 0.886. The van der Waals surface area contributed by atoms with Crippen molar-refractivity contribution in [2.24, 2.45) is 5.92 Å². The number of nitrogens with zero attached hydrogens (tertiary/aromatic N) is 1. The molecular formula is C15H19FN2O4. The quantitative estimate of drug-likeness (QED) is 0.889. The molecule has 1 aliphatic rings. The van der Waals surface area contributed by atoms with Gasteiger partial charge in [0, 0.05) is 25.7 Å². The van der Waals surface area contributed by atoms with E-state index in [2.05, 4.69) is 5.32 Å². The number of carboxylic acid groups (broad SMARTS) is 1. The van der Waals surface area contributed by atoms with Crippen LogP contribution in [0.3, 0.4) is 0 Å². The van der Waals surface area contributed by atoms with Crippen LogP contribution in [-0.4, -0.2) is 42.2 Å². The Hall–Kier alpha value is -2.31. The molecule has 22 heavy (non-hydrogen) atoms. The molecule has 7 heteroatoms. The lowest BCUT2D eigenvalue weighted by Crippen LogP contribution is -2.46. The Morgan fingerprint density at radius 3 is 2.91 bits per heavy atom. The molecular weight excluding hydrogens is 291 g/mol. The first-order valence-electron chi connectivity index (χ1n) is 7.08. The first kappa shape index (κ1) is 16.1. The highest BCUT2D eigenvalue weighted by atomic mass is 19.1. The summed E-state index contributed by atoms with van der Waals surface area (Å²) in [5.74, 6) is -1.46. The minimum atomic E-state index is -0.882. The number of carbonyl (C=O) groups excluding carboxylic acids is 1. The number of carboxylic acids is 1. The Balaban J connectivity index is 1.92. The maximum atomic E-state index is 13.4. The highest BCUT2D eigenvalue weighted by Crippen LogP contribution is 2.18. The minimum absolute atomic E-state index is 0.154. The van der Waals surface area contributed by atoms with Gasteiger partial charge in [-0.15, -0.1) is 0 Å². The Morgan fingerprint density at radius 2 is 2.23 bits per heavy atom. The van der Waals surface area contributed by atoms with Crippen molar-refractivity contribution in [3.8, 4) is 5.75 Å². The second-order valence-corrected chi connectivity index (χ2v) is 5.28. The molecule has 1 aromatic carbocycles. The van der Waals surface area contributed by atoms with E-state index in [1.165, 1.54) is 24.1 Å². The number of methoxy groups -OCH3 is 1. The molecule has 6 nitrogen and oxygen atoms in total. The zero-order valence-electron chi connectivity index (χ0n) is 12.3. The molecule has 2 N–H and O–H groups in total. The van der Waals surface area contributed by atoms with Crippen LogP contribution in [0.2, 0.25) is 0 Å². The van der Waals surface area contributed by atoms with Crippen molar-refractivity contribution in [1.82, 2.24) is 10.2 Å². The lowest BCUT2D eigenvalue weighted by molar-refractivity contribution is -0.143. The van der Waals surface area contributed by atoms with Crippen LogP contribution < -0.4 is 10.1 Å². The molecule has 1 heterocycles. The van der Waals surface area contributed by atoms with Gasteiger partial charge in [0.2, 0.25) is 0 Å². The molecule has 2 rings (SSSR count). The summed E-state index contributed by atoms with van der Waals surface area (Å²) in [7, 11) is 1.44. The summed E-state index contributed by atoms with van der Waals surface area (Å²) >= 11 is 0. The summed E-state index contributed by atoms with van der Waals surface area (Å²) in [5, 5.41) is 11.7. The highest BCUT2D eigenvalue weighted by Gasteiger charge is 2.27. The summed E-state index contributed by atoms with van der Waals surface area (Å²) in [5.41, 5.74) is 0.581. The average Bonchev–Trinajstić information content (AvgIpc) is 2.52. The number of carbonyl (C=O) groups is 2. The van der Waals surface area contributed by atoms with Gasteiger partial charge in [0.1, 0.15) is 11.6 Å². The molecule has 0 radical (unpaired) electrons. The zero-order valence-corrected chi connectivity index (χ0v) is 12.3. The van der Waals surface area contributed by atoms with Crippen LogP contribution in [-0.2, 0) is 11.3 Å². The highest BCUT2D eigenvalue weighted by molar-refractivity contribution is 5.76. The molecule has 0 aliphatic carbocycles. The molecule has 1 saturated heterocycles. The third-order valence-corrected chi connectivity index (χ3v) is 3.67. The summed E-state index contributed by atoms with van der Waals surface area (Å²) < 4.78 is 18.3. The van der Waals surface area contributed by atoms with Crippen molar-refractivity contribution in [3.63, 3.8) is 0 Å². The molecule has 1 atom stereocenters. The van der Waals surface area contributed by atoms with Crippen LogP contribution in [0.25, 0.3) is 0 Å². The molecule has 0 bridgehead atoms. The second kappa shape index (κ2) is 7.11. The molecule has 0 saturated carbocycles. The Bertz CT molecular complexity index is 564. The SMILES string of the molecule is COc1cc(F)cc(CNC(=O)N2CCCC(C(=O)O)C2)c1. The molecule has 0 aromatic heterocycles. The number of likely N-dealkylation sites (tertiary alicyclic amines) is 1. The van der Waals surface area contributed by atoms with Crippen molar-refractivity contribution in [1.29, 1.82) is 0 Å². The van der Waals surface area contributed by atoms with Crippen LogP contribution >= 0.6 is 0 Å². The number of rotatable bonds is 4. The van der Waals surface area contributed by atoms with Crippen LogP contribution in [0.15, 0.2) is 18.2 Å². The molecule has 1 aliphatic heterocycles. The van der Waals surface area contributed by atoms with Gasteiger partial charge in [0.15, 0.2) is 0 Å². The molecule has 1 unspecified atom stereocenters. The normalized spacial score (nSPS) is 17.9. The molecule has 1 fully saturated rings. The summed E-state index contributed by atoms with van der Waals surface area (Å²) in [4.78, 5) is 24.6. The number of aliphatic carboxylic acids is 1. The topological polar surface area (TPSA) is 78.9 Å². The van der Waals surface area contributed by atoms with Gasteiger partial charge < -0.3 is 20.1 Å². The van der Waals surface area contributed by atoms with E-state index in [0.29, 0.717) is 30.7 Å². The number of piperidine rings is 1.